The van der Waals surface area contributed by atoms with Gasteiger partial charge in [0.05, 0.1) is 13.2 Å². The van der Waals surface area contributed by atoms with Gasteiger partial charge in [0, 0.05) is 31.7 Å². The lowest BCUT2D eigenvalue weighted by molar-refractivity contribution is -0.142. The Kier molecular flexibility index (Phi) is 4.95. The number of hydrogen-bond donors (Lipinski definition) is 0. The van der Waals surface area contributed by atoms with Crippen LogP contribution in [0.15, 0.2) is 24.3 Å². The molecular weight excluding hydrogens is 316 g/mol. The number of ether oxygens (including phenoxy) is 2. The van der Waals surface area contributed by atoms with E-state index in [2.05, 4.69) is 17.0 Å². The predicted molar refractivity (Wildman–Crippen MR) is 95.5 cm³/mol. The SMILES string of the molecule is COc1ccccc1CN1CC[C@H]2C[C@@H](C(=O)N3CCCC3)O[C@H]2C1. The first-order chi connectivity index (χ1) is 12.2. The minimum Gasteiger partial charge on any atom is -0.496 e. The zero-order valence-electron chi connectivity index (χ0n) is 15.0. The monoisotopic (exact) mass is 344 g/mol. The number of carbonyl (C=O) groups is 1. The lowest BCUT2D eigenvalue weighted by Gasteiger charge is -2.34. The second-order valence-corrected chi connectivity index (χ2v) is 7.53. The van der Waals surface area contributed by atoms with E-state index in [9.17, 15) is 4.79 Å². The second-order valence-electron chi connectivity index (χ2n) is 7.53. The van der Waals surface area contributed by atoms with Crippen LogP contribution in [0.2, 0.25) is 0 Å². The van der Waals surface area contributed by atoms with Crippen molar-refractivity contribution in [3.8, 4) is 5.75 Å². The molecule has 4 rings (SSSR count). The molecule has 3 heterocycles. The summed E-state index contributed by atoms with van der Waals surface area (Å²) < 4.78 is 11.7. The number of benzene rings is 1. The van der Waals surface area contributed by atoms with Gasteiger partial charge in [-0.05, 0) is 44.2 Å². The largest absolute Gasteiger partial charge is 0.496 e. The number of amides is 1. The fourth-order valence-electron chi connectivity index (χ4n) is 4.51. The fraction of sp³-hybridized carbons (Fsp3) is 0.650. The normalized spacial score (nSPS) is 29.6. The van der Waals surface area contributed by atoms with Crippen molar-refractivity contribution in [2.45, 2.75) is 44.4 Å². The fourth-order valence-corrected chi connectivity index (χ4v) is 4.51. The molecule has 5 heteroatoms. The Balaban J connectivity index is 1.36. The van der Waals surface area contributed by atoms with Crippen molar-refractivity contribution in [1.29, 1.82) is 0 Å². The van der Waals surface area contributed by atoms with Crippen LogP contribution in [0, 0.1) is 5.92 Å². The highest BCUT2D eigenvalue weighted by Gasteiger charge is 2.43. The van der Waals surface area contributed by atoms with Crippen molar-refractivity contribution >= 4 is 5.91 Å². The van der Waals surface area contributed by atoms with Crippen molar-refractivity contribution in [3.05, 3.63) is 29.8 Å². The molecule has 0 N–H and O–H groups in total. The minimum atomic E-state index is -0.209. The third-order valence-electron chi connectivity index (χ3n) is 5.92. The van der Waals surface area contributed by atoms with Crippen molar-refractivity contribution in [2.75, 3.05) is 33.3 Å². The van der Waals surface area contributed by atoms with Gasteiger partial charge < -0.3 is 14.4 Å². The zero-order valence-corrected chi connectivity index (χ0v) is 15.0. The molecule has 3 aliphatic heterocycles. The number of carbonyl (C=O) groups excluding carboxylic acids is 1. The summed E-state index contributed by atoms with van der Waals surface area (Å²) in [4.78, 5) is 17.0. The van der Waals surface area contributed by atoms with Gasteiger partial charge in [0.15, 0.2) is 0 Å². The van der Waals surface area contributed by atoms with E-state index in [0.29, 0.717) is 5.92 Å². The first kappa shape index (κ1) is 16.9. The number of fused-ring (bicyclic) bond motifs is 1. The number of piperidine rings is 1. The van der Waals surface area contributed by atoms with E-state index < -0.39 is 0 Å². The van der Waals surface area contributed by atoms with E-state index in [1.54, 1.807) is 7.11 Å². The van der Waals surface area contributed by atoms with E-state index in [-0.39, 0.29) is 18.1 Å². The highest BCUT2D eigenvalue weighted by atomic mass is 16.5. The summed E-state index contributed by atoms with van der Waals surface area (Å²) in [6, 6.07) is 8.20. The number of hydrogen-bond acceptors (Lipinski definition) is 4. The summed E-state index contributed by atoms with van der Waals surface area (Å²) in [5.41, 5.74) is 1.21. The standard InChI is InChI=1S/C20H28N2O3/c1-24-17-7-3-2-6-16(17)13-21-11-8-15-12-18(25-19(15)14-21)20(23)22-9-4-5-10-22/h2-3,6-7,15,18-19H,4-5,8-14H2,1H3/t15-,18-,19-/m0/s1. The van der Waals surface area contributed by atoms with Crippen LogP contribution in [0.3, 0.4) is 0 Å². The Bertz CT molecular complexity index is 615. The third-order valence-corrected chi connectivity index (χ3v) is 5.92. The zero-order chi connectivity index (χ0) is 17.2. The van der Waals surface area contributed by atoms with Gasteiger partial charge in [0.2, 0.25) is 0 Å². The summed E-state index contributed by atoms with van der Waals surface area (Å²) in [7, 11) is 1.72. The maximum Gasteiger partial charge on any atom is 0.251 e. The van der Waals surface area contributed by atoms with Crippen LogP contribution in [0.1, 0.15) is 31.2 Å². The van der Waals surface area contributed by atoms with Crippen molar-refractivity contribution < 1.29 is 14.3 Å². The first-order valence-corrected chi connectivity index (χ1v) is 9.53. The molecule has 0 bridgehead atoms. The number of likely N-dealkylation sites (tertiary alicyclic amines) is 2. The maximum atomic E-state index is 12.6. The molecule has 136 valence electrons. The predicted octanol–water partition coefficient (Wildman–Crippen LogP) is 2.30. The molecule has 3 atom stereocenters. The molecule has 3 saturated heterocycles. The molecule has 3 aliphatic rings. The summed E-state index contributed by atoms with van der Waals surface area (Å²) in [5, 5.41) is 0. The molecule has 1 amide bonds. The number of para-hydroxylation sites is 1. The molecule has 5 nitrogen and oxygen atoms in total. The van der Waals surface area contributed by atoms with Gasteiger partial charge in [-0.1, -0.05) is 18.2 Å². The van der Waals surface area contributed by atoms with Gasteiger partial charge >= 0.3 is 0 Å². The van der Waals surface area contributed by atoms with E-state index in [1.165, 1.54) is 5.56 Å². The highest BCUT2D eigenvalue weighted by molar-refractivity contribution is 5.81. The van der Waals surface area contributed by atoms with Crippen LogP contribution in [0.4, 0.5) is 0 Å². The summed E-state index contributed by atoms with van der Waals surface area (Å²) in [6.07, 6.45) is 4.28. The topological polar surface area (TPSA) is 42.0 Å². The molecule has 0 aromatic heterocycles. The van der Waals surface area contributed by atoms with Crippen LogP contribution < -0.4 is 4.74 Å². The quantitative estimate of drug-likeness (QED) is 0.840. The Hall–Kier alpha value is -1.59. The average molecular weight is 344 g/mol. The lowest BCUT2D eigenvalue weighted by Crippen LogP contribution is -2.42. The Morgan fingerprint density at radius 1 is 1.24 bits per heavy atom. The van der Waals surface area contributed by atoms with Crippen LogP contribution >= 0.6 is 0 Å². The molecule has 0 unspecified atom stereocenters. The van der Waals surface area contributed by atoms with Crippen LogP contribution in [0.5, 0.6) is 5.75 Å². The van der Waals surface area contributed by atoms with Crippen LogP contribution in [-0.4, -0.2) is 61.2 Å². The number of nitrogens with zero attached hydrogens (tertiary/aromatic N) is 2. The smallest absolute Gasteiger partial charge is 0.251 e. The van der Waals surface area contributed by atoms with E-state index in [1.807, 2.05) is 17.0 Å². The molecule has 0 aliphatic carbocycles. The molecular formula is C20H28N2O3. The first-order valence-electron chi connectivity index (χ1n) is 9.53. The van der Waals surface area contributed by atoms with Crippen molar-refractivity contribution in [1.82, 2.24) is 9.80 Å². The molecule has 0 saturated carbocycles. The summed E-state index contributed by atoms with van der Waals surface area (Å²) in [5.74, 6) is 1.70. The van der Waals surface area contributed by atoms with Crippen molar-refractivity contribution in [3.63, 3.8) is 0 Å². The molecule has 1 aromatic carbocycles. The maximum absolute atomic E-state index is 12.6. The molecule has 25 heavy (non-hydrogen) atoms. The highest BCUT2D eigenvalue weighted by Crippen LogP contribution is 2.35. The van der Waals surface area contributed by atoms with Gasteiger partial charge in [-0.3, -0.25) is 9.69 Å². The second kappa shape index (κ2) is 7.34. The molecule has 0 spiro atoms. The third kappa shape index (κ3) is 3.53. The van der Waals surface area contributed by atoms with Gasteiger partial charge in [-0.15, -0.1) is 0 Å². The minimum absolute atomic E-state index is 0.194. The van der Waals surface area contributed by atoms with Crippen LogP contribution in [0.25, 0.3) is 0 Å². The van der Waals surface area contributed by atoms with E-state index in [4.69, 9.17) is 9.47 Å². The van der Waals surface area contributed by atoms with Crippen molar-refractivity contribution in [2.24, 2.45) is 5.92 Å². The van der Waals surface area contributed by atoms with Gasteiger partial charge in [-0.25, -0.2) is 0 Å². The molecule has 0 radical (unpaired) electrons. The van der Waals surface area contributed by atoms with Gasteiger partial charge in [0.1, 0.15) is 11.9 Å². The van der Waals surface area contributed by atoms with Gasteiger partial charge in [-0.2, -0.15) is 0 Å². The average Bonchev–Trinajstić information content (AvgIpc) is 3.31. The van der Waals surface area contributed by atoms with E-state index in [0.717, 1.165) is 64.2 Å². The molecule has 3 fully saturated rings. The Labute approximate surface area is 149 Å². The number of methoxy groups -OCH3 is 1. The Morgan fingerprint density at radius 2 is 2.04 bits per heavy atom. The van der Waals surface area contributed by atoms with E-state index >= 15 is 0 Å². The Morgan fingerprint density at radius 3 is 2.84 bits per heavy atom. The summed E-state index contributed by atoms with van der Waals surface area (Å²) in [6.45, 7) is 4.67. The van der Waals surface area contributed by atoms with Crippen LogP contribution in [-0.2, 0) is 16.1 Å². The van der Waals surface area contributed by atoms with Gasteiger partial charge in [0.25, 0.3) is 5.91 Å². The molecule has 1 aromatic rings. The number of rotatable bonds is 4. The summed E-state index contributed by atoms with van der Waals surface area (Å²) >= 11 is 0. The lowest BCUT2D eigenvalue weighted by atomic mass is 9.91.